The summed E-state index contributed by atoms with van der Waals surface area (Å²) in [7, 11) is 1.58. The maximum atomic E-state index is 12.8. The Labute approximate surface area is 146 Å². The van der Waals surface area contributed by atoms with Gasteiger partial charge in [0, 0.05) is 24.8 Å². The molecule has 1 heterocycles. The first-order valence-electron chi connectivity index (χ1n) is 8.20. The number of anilines is 1. The Kier molecular flexibility index (Phi) is 5.18. The van der Waals surface area contributed by atoms with Crippen molar-refractivity contribution in [3.63, 3.8) is 0 Å². The second-order valence-corrected chi connectivity index (χ2v) is 5.84. The molecule has 0 saturated carbocycles. The van der Waals surface area contributed by atoms with Gasteiger partial charge in [0.05, 0.1) is 19.6 Å². The minimum Gasteiger partial charge on any atom is -0.497 e. The molecule has 6 heteroatoms. The van der Waals surface area contributed by atoms with Crippen LogP contribution in [0.1, 0.15) is 18.0 Å². The Morgan fingerprint density at radius 2 is 2.00 bits per heavy atom. The summed E-state index contributed by atoms with van der Waals surface area (Å²) in [6, 6.07) is 16.3. The lowest BCUT2D eigenvalue weighted by molar-refractivity contribution is -0.121. The van der Waals surface area contributed by atoms with E-state index >= 15 is 0 Å². The summed E-state index contributed by atoms with van der Waals surface area (Å²) in [6.07, 6.45) is 0.246. The summed E-state index contributed by atoms with van der Waals surface area (Å²) in [4.78, 5) is 26.5. The summed E-state index contributed by atoms with van der Waals surface area (Å²) in [5.41, 5.74) is 1.60. The van der Waals surface area contributed by atoms with Gasteiger partial charge in [0.15, 0.2) is 0 Å². The predicted octanol–water partition coefficient (Wildman–Crippen LogP) is 2.79. The van der Waals surface area contributed by atoms with Gasteiger partial charge in [0.2, 0.25) is 5.91 Å². The van der Waals surface area contributed by atoms with E-state index in [4.69, 9.17) is 4.74 Å². The van der Waals surface area contributed by atoms with E-state index in [-0.39, 0.29) is 24.4 Å². The number of nitrogens with one attached hydrogen (secondary N) is 2. The van der Waals surface area contributed by atoms with Crippen LogP contribution in [0.3, 0.4) is 0 Å². The van der Waals surface area contributed by atoms with E-state index < -0.39 is 0 Å². The van der Waals surface area contributed by atoms with E-state index in [0.29, 0.717) is 24.5 Å². The number of benzene rings is 2. The summed E-state index contributed by atoms with van der Waals surface area (Å²) in [5.74, 6) is 0.621. The molecule has 2 aromatic rings. The van der Waals surface area contributed by atoms with Crippen LogP contribution in [-0.4, -0.2) is 37.0 Å². The number of rotatable bonds is 3. The number of methoxy groups -OCH3 is 1. The van der Waals surface area contributed by atoms with Gasteiger partial charge in [0.25, 0.3) is 0 Å². The third kappa shape index (κ3) is 4.09. The van der Waals surface area contributed by atoms with E-state index in [0.717, 1.165) is 5.56 Å². The quantitative estimate of drug-likeness (QED) is 0.903. The fourth-order valence-corrected chi connectivity index (χ4v) is 2.94. The Bertz CT molecular complexity index is 749. The van der Waals surface area contributed by atoms with Gasteiger partial charge in [-0.25, -0.2) is 4.79 Å². The van der Waals surface area contributed by atoms with Gasteiger partial charge in [-0.15, -0.1) is 0 Å². The SMILES string of the molecule is COc1cccc(NC(=O)N2CCNC(=O)CC2c2ccccc2)c1. The van der Waals surface area contributed by atoms with Crippen molar-refractivity contribution in [2.45, 2.75) is 12.5 Å². The molecule has 2 N–H and O–H groups in total. The minimum atomic E-state index is -0.297. The average Bonchev–Trinajstić information content (AvgIpc) is 2.84. The Balaban J connectivity index is 1.83. The van der Waals surface area contributed by atoms with Crippen LogP contribution >= 0.6 is 0 Å². The van der Waals surface area contributed by atoms with Crippen LogP contribution in [0, 0.1) is 0 Å². The van der Waals surface area contributed by atoms with Crippen LogP contribution in [0.5, 0.6) is 5.75 Å². The van der Waals surface area contributed by atoms with Gasteiger partial charge >= 0.3 is 6.03 Å². The number of carbonyl (C=O) groups is 2. The third-order valence-corrected chi connectivity index (χ3v) is 4.20. The zero-order chi connectivity index (χ0) is 17.6. The second kappa shape index (κ2) is 7.70. The minimum absolute atomic E-state index is 0.0504. The second-order valence-electron chi connectivity index (χ2n) is 5.84. The van der Waals surface area contributed by atoms with Crippen LogP contribution in [-0.2, 0) is 4.79 Å². The Morgan fingerprint density at radius 1 is 1.20 bits per heavy atom. The molecule has 6 nitrogen and oxygen atoms in total. The van der Waals surface area contributed by atoms with Crippen molar-refractivity contribution in [1.82, 2.24) is 10.2 Å². The van der Waals surface area contributed by atoms with Crippen LogP contribution in [0.15, 0.2) is 54.6 Å². The highest BCUT2D eigenvalue weighted by molar-refractivity contribution is 5.90. The van der Waals surface area contributed by atoms with Crippen molar-refractivity contribution in [3.8, 4) is 5.75 Å². The summed E-state index contributed by atoms with van der Waals surface area (Å²) >= 11 is 0. The maximum absolute atomic E-state index is 12.8. The van der Waals surface area contributed by atoms with Crippen molar-refractivity contribution in [1.29, 1.82) is 0 Å². The molecular weight excluding hydrogens is 318 g/mol. The zero-order valence-electron chi connectivity index (χ0n) is 14.1. The van der Waals surface area contributed by atoms with Crippen molar-refractivity contribution >= 4 is 17.6 Å². The monoisotopic (exact) mass is 339 g/mol. The van der Waals surface area contributed by atoms with Gasteiger partial charge in [-0.2, -0.15) is 0 Å². The number of urea groups is 1. The largest absolute Gasteiger partial charge is 0.497 e. The standard InChI is InChI=1S/C19H21N3O3/c1-25-16-9-5-8-15(12-16)21-19(24)22-11-10-20-18(23)13-17(22)14-6-3-2-4-7-14/h2-9,12,17H,10-11,13H2,1H3,(H,20,23)(H,21,24). The molecule has 0 aromatic heterocycles. The lowest BCUT2D eigenvalue weighted by Crippen LogP contribution is -2.39. The van der Waals surface area contributed by atoms with Gasteiger partial charge in [-0.3, -0.25) is 4.79 Å². The normalized spacial score (nSPS) is 17.4. The fraction of sp³-hybridized carbons (Fsp3) is 0.263. The molecule has 1 aliphatic rings. The van der Waals surface area contributed by atoms with Gasteiger partial charge in [-0.1, -0.05) is 36.4 Å². The first-order valence-corrected chi connectivity index (χ1v) is 8.20. The molecule has 0 bridgehead atoms. The van der Waals surface area contributed by atoms with Gasteiger partial charge in [-0.05, 0) is 17.7 Å². The molecular formula is C19H21N3O3. The summed E-state index contributed by atoms with van der Waals surface area (Å²) < 4.78 is 5.19. The summed E-state index contributed by atoms with van der Waals surface area (Å²) in [6.45, 7) is 0.884. The fourth-order valence-electron chi connectivity index (χ4n) is 2.94. The topological polar surface area (TPSA) is 70.7 Å². The van der Waals surface area contributed by atoms with Crippen LogP contribution < -0.4 is 15.4 Å². The number of amides is 3. The molecule has 1 atom stereocenters. The Morgan fingerprint density at radius 3 is 2.76 bits per heavy atom. The molecule has 1 unspecified atom stereocenters. The highest BCUT2D eigenvalue weighted by atomic mass is 16.5. The van der Waals surface area contributed by atoms with Gasteiger partial charge < -0.3 is 20.3 Å². The number of nitrogens with zero attached hydrogens (tertiary/aromatic N) is 1. The molecule has 25 heavy (non-hydrogen) atoms. The first-order chi connectivity index (χ1) is 12.2. The lowest BCUT2D eigenvalue weighted by Gasteiger charge is -2.29. The molecule has 2 aromatic carbocycles. The number of carbonyl (C=O) groups excluding carboxylic acids is 2. The first kappa shape index (κ1) is 16.8. The van der Waals surface area contributed by atoms with Gasteiger partial charge in [0.1, 0.15) is 5.75 Å². The molecule has 1 fully saturated rings. The van der Waals surface area contributed by atoms with E-state index in [9.17, 15) is 9.59 Å². The maximum Gasteiger partial charge on any atom is 0.322 e. The highest BCUT2D eigenvalue weighted by Gasteiger charge is 2.29. The molecule has 130 valence electrons. The predicted molar refractivity (Wildman–Crippen MR) is 95.5 cm³/mol. The average molecular weight is 339 g/mol. The van der Waals surface area contributed by atoms with Crippen molar-refractivity contribution < 1.29 is 14.3 Å². The molecule has 0 spiro atoms. The smallest absolute Gasteiger partial charge is 0.322 e. The summed E-state index contributed by atoms with van der Waals surface area (Å²) in [5, 5.41) is 5.73. The molecule has 3 amide bonds. The zero-order valence-corrected chi connectivity index (χ0v) is 14.1. The molecule has 0 radical (unpaired) electrons. The van der Waals surface area contributed by atoms with Crippen LogP contribution in [0.2, 0.25) is 0 Å². The Hall–Kier alpha value is -3.02. The molecule has 3 rings (SSSR count). The molecule has 1 aliphatic heterocycles. The van der Waals surface area contributed by atoms with Crippen molar-refractivity contribution in [2.75, 3.05) is 25.5 Å². The lowest BCUT2D eigenvalue weighted by atomic mass is 10.0. The van der Waals surface area contributed by atoms with E-state index in [2.05, 4.69) is 10.6 Å². The van der Waals surface area contributed by atoms with Crippen molar-refractivity contribution in [3.05, 3.63) is 60.2 Å². The molecule has 1 saturated heterocycles. The number of hydrogen-bond acceptors (Lipinski definition) is 3. The highest BCUT2D eigenvalue weighted by Crippen LogP contribution is 2.27. The van der Waals surface area contributed by atoms with E-state index in [1.54, 1.807) is 24.1 Å². The number of hydrogen-bond donors (Lipinski definition) is 2. The van der Waals surface area contributed by atoms with E-state index in [1.165, 1.54) is 0 Å². The van der Waals surface area contributed by atoms with Crippen molar-refractivity contribution in [2.24, 2.45) is 0 Å². The number of ether oxygens (including phenoxy) is 1. The third-order valence-electron chi connectivity index (χ3n) is 4.20. The van der Waals surface area contributed by atoms with Crippen LogP contribution in [0.4, 0.5) is 10.5 Å². The van der Waals surface area contributed by atoms with E-state index in [1.807, 2.05) is 42.5 Å². The molecule has 0 aliphatic carbocycles. The van der Waals surface area contributed by atoms with Crippen LogP contribution in [0.25, 0.3) is 0 Å².